The summed E-state index contributed by atoms with van der Waals surface area (Å²) in [5, 5.41) is 5.78. The number of benzene rings is 3. The van der Waals surface area contributed by atoms with E-state index in [0.717, 1.165) is 38.8 Å². The number of aromatic amines is 1. The van der Waals surface area contributed by atoms with Crippen LogP contribution in [0.3, 0.4) is 0 Å². The average Bonchev–Trinajstić information content (AvgIpc) is 3.06. The highest BCUT2D eigenvalue weighted by atomic mass is 127. The molecule has 3 nitrogen and oxygen atoms in total. The molecule has 134 valence electrons. The van der Waals surface area contributed by atoms with Gasteiger partial charge in [-0.1, -0.05) is 24.3 Å². The van der Waals surface area contributed by atoms with E-state index >= 15 is 0 Å². The van der Waals surface area contributed by atoms with Crippen LogP contribution in [0.2, 0.25) is 0 Å². The van der Waals surface area contributed by atoms with Crippen LogP contribution >= 0.6 is 0 Å². The molecule has 0 spiro atoms. The van der Waals surface area contributed by atoms with Crippen molar-refractivity contribution in [1.29, 1.82) is 0 Å². The molecule has 0 atom stereocenters. The van der Waals surface area contributed by atoms with Crippen molar-refractivity contribution >= 4 is 44.2 Å². The van der Waals surface area contributed by atoms with Gasteiger partial charge in [0.1, 0.15) is 18.4 Å². The van der Waals surface area contributed by atoms with Gasteiger partial charge in [0.25, 0.3) is 0 Å². The lowest BCUT2D eigenvalue weighted by molar-refractivity contribution is -0.616. The lowest BCUT2D eigenvalue weighted by atomic mass is 10.1. The fourth-order valence-electron chi connectivity index (χ4n) is 3.70. The van der Waals surface area contributed by atoms with Crippen LogP contribution < -0.4 is 33.9 Å². The smallest absolute Gasteiger partial charge is 0.240 e. The van der Waals surface area contributed by atoms with Crippen molar-refractivity contribution < 1.29 is 32.9 Å². The van der Waals surface area contributed by atoms with Crippen molar-refractivity contribution in [2.45, 2.75) is 0 Å². The van der Waals surface area contributed by atoms with Crippen molar-refractivity contribution in [2.75, 3.05) is 5.32 Å². The normalized spacial score (nSPS) is 11.0. The van der Waals surface area contributed by atoms with Gasteiger partial charge in [0.2, 0.25) is 11.0 Å². The van der Waals surface area contributed by atoms with E-state index in [1.807, 2.05) is 18.2 Å². The van der Waals surface area contributed by atoms with E-state index in [0.29, 0.717) is 0 Å². The number of rotatable bonds is 2. The Morgan fingerprint density at radius 2 is 1.52 bits per heavy atom. The molecule has 0 unspecified atom stereocenters. The molecule has 0 aliphatic heterocycles. The van der Waals surface area contributed by atoms with Crippen LogP contribution in [0.15, 0.2) is 72.8 Å². The van der Waals surface area contributed by atoms with Crippen LogP contribution in [0.25, 0.3) is 32.8 Å². The molecule has 0 radical (unpaired) electrons. The third kappa shape index (κ3) is 2.82. The lowest BCUT2D eigenvalue weighted by Gasteiger charge is -2.10. The molecular formula is C22H17FIN3. The van der Waals surface area contributed by atoms with Crippen LogP contribution in [-0.4, -0.2) is 4.98 Å². The van der Waals surface area contributed by atoms with Gasteiger partial charge in [-0.25, -0.2) is 4.39 Å². The molecule has 0 fully saturated rings. The molecule has 27 heavy (non-hydrogen) atoms. The monoisotopic (exact) mass is 469 g/mol. The van der Waals surface area contributed by atoms with Gasteiger partial charge in [-0.15, -0.1) is 0 Å². The Kier molecular flexibility index (Phi) is 4.47. The standard InChI is InChI=1S/C22H16FN3.HI/c1-26-19-9-5-3-7-17(19)20(24-15-12-10-14(23)11-13-15)21-22(26)16-6-2-4-8-18(16)25-21;/h2-13H,1H3,(H,24,25);1H. The molecule has 2 aromatic heterocycles. The van der Waals surface area contributed by atoms with E-state index in [1.54, 1.807) is 12.1 Å². The summed E-state index contributed by atoms with van der Waals surface area (Å²) < 4.78 is 15.5. The Hall–Kier alpha value is -2.67. The molecule has 2 N–H and O–H groups in total. The highest BCUT2D eigenvalue weighted by molar-refractivity contribution is 6.13. The second kappa shape index (κ2) is 6.81. The summed E-state index contributed by atoms with van der Waals surface area (Å²) in [4.78, 5) is 3.55. The van der Waals surface area contributed by atoms with Crippen molar-refractivity contribution in [3.05, 3.63) is 78.6 Å². The number of pyridine rings is 1. The molecule has 5 rings (SSSR count). The molecule has 2 heterocycles. The minimum Gasteiger partial charge on any atom is -1.00 e. The van der Waals surface area contributed by atoms with Gasteiger partial charge in [-0.05, 0) is 42.5 Å². The summed E-state index contributed by atoms with van der Waals surface area (Å²) in [6.45, 7) is 0. The number of H-pyrrole nitrogens is 1. The fourth-order valence-corrected chi connectivity index (χ4v) is 3.70. The van der Waals surface area contributed by atoms with Crippen molar-refractivity contribution in [1.82, 2.24) is 4.98 Å². The Bertz CT molecular complexity index is 1280. The Morgan fingerprint density at radius 1 is 0.852 bits per heavy atom. The SMILES string of the molecule is C[n+]1c2ccccc2c(Nc2ccc(F)cc2)c2[nH]c3ccccc3c21.[I-]. The summed E-state index contributed by atoms with van der Waals surface area (Å²) >= 11 is 0. The van der Waals surface area contributed by atoms with E-state index < -0.39 is 0 Å². The molecule has 0 bridgehead atoms. The summed E-state index contributed by atoms with van der Waals surface area (Å²) in [5.41, 5.74) is 6.26. The summed E-state index contributed by atoms with van der Waals surface area (Å²) in [6, 6.07) is 23.0. The molecule has 5 heteroatoms. The average molecular weight is 469 g/mol. The number of para-hydroxylation sites is 2. The second-order valence-corrected chi connectivity index (χ2v) is 6.48. The maximum absolute atomic E-state index is 13.3. The molecular weight excluding hydrogens is 452 g/mol. The van der Waals surface area contributed by atoms with Gasteiger partial charge >= 0.3 is 0 Å². The zero-order chi connectivity index (χ0) is 17.7. The molecule has 3 aromatic carbocycles. The highest BCUT2D eigenvalue weighted by Crippen LogP contribution is 2.35. The Morgan fingerprint density at radius 3 is 2.30 bits per heavy atom. The molecule has 0 aliphatic carbocycles. The number of halogens is 2. The molecule has 0 amide bonds. The van der Waals surface area contributed by atoms with Crippen molar-refractivity contribution in [2.24, 2.45) is 7.05 Å². The summed E-state index contributed by atoms with van der Waals surface area (Å²) in [6.07, 6.45) is 0. The fraction of sp³-hybridized carbons (Fsp3) is 0.0455. The van der Waals surface area contributed by atoms with Crippen molar-refractivity contribution in [3.8, 4) is 0 Å². The molecule has 0 aliphatic rings. The number of anilines is 2. The number of fused-ring (bicyclic) bond motifs is 4. The third-order valence-electron chi connectivity index (χ3n) is 4.91. The number of nitrogens with one attached hydrogen (secondary N) is 2. The third-order valence-corrected chi connectivity index (χ3v) is 4.91. The predicted molar refractivity (Wildman–Crippen MR) is 104 cm³/mol. The van der Waals surface area contributed by atoms with E-state index in [1.165, 1.54) is 17.5 Å². The maximum atomic E-state index is 13.3. The van der Waals surface area contributed by atoms with Gasteiger partial charge in [0, 0.05) is 11.8 Å². The lowest BCUT2D eigenvalue weighted by Crippen LogP contribution is -3.00. The first kappa shape index (κ1) is 17.7. The minimum absolute atomic E-state index is 0. The quantitative estimate of drug-likeness (QED) is 0.302. The largest absolute Gasteiger partial charge is 1.00 e. The van der Waals surface area contributed by atoms with Crippen LogP contribution in [-0.2, 0) is 7.05 Å². The molecule has 0 saturated carbocycles. The van der Waals surface area contributed by atoms with E-state index in [-0.39, 0.29) is 29.8 Å². The van der Waals surface area contributed by atoms with Gasteiger partial charge < -0.3 is 34.3 Å². The summed E-state index contributed by atoms with van der Waals surface area (Å²) in [5.74, 6) is -0.240. The molecule has 5 aromatic rings. The van der Waals surface area contributed by atoms with Gasteiger partial charge in [-0.2, -0.15) is 4.57 Å². The van der Waals surface area contributed by atoms with Gasteiger partial charge in [0.05, 0.1) is 22.0 Å². The first-order chi connectivity index (χ1) is 12.7. The number of nitrogens with zero attached hydrogens (tertiary/aromatic N) is 1. The van der Waals surface area contributed by atoms with Crippen LogP contribution in [0.1, 0.15) is 0 Å². The van der Waals surface area contributed by atoms with E-state index in [2.05, 4.69) is 52.2 Å². The zero-order valence-electron chi connectivity index (χ0n) is 14.6. The van der Waals surface area contributed by atoms with E-state index in [9.17, 15) is 4.39 Å². The maximum Gasteiger partial charge on any atom is 0.240 e. The number of aromatic nitrogens is 2. The van der Waals surface area contributed by atoms with Crippen LogP contribution in [0, 0.1) is 5.82 Å². The van der Waals surface area contributed by atoms with Crippen LogP contribution in [0.5, 0.6) is 0 Å². The van der Waals surface area contributed by atoms with Crippen molar-refractivity contribution in [3.63, 3.8) is 0 Å². The van der Waals surface area contributed by atoms with Gasteiger partial charge in [0.15, 0.2) is 0 Å². The Balaban J connectivity index is 0.00000180. The van der Waals surface area contributed by atoms with Gasteiger partial charge in [-0.3, -0.25) is 0 Å². The number of hydrogen-bond acceptors (Lipinski definition) is 1. The predicted octanol–water partition coefficient (Wildman–Crippen LogP) is 2.19. The van der Waals surface area contributed by atoms with Crippen LogP contribution in [0.4, 0.5) is 15.8 Å². The number of hydrogen-bond donors (Lipinski definition) is 2. The Labute approximate surface area is 172 Å². The molecule has 0 saturated heterocycles. The first-order valence-electron chi connectivity index (χ1n) is 8.56. The minimum atomic E-state index is -0.240. The number of aryl methyl sites for hydroxylation is 1. The van der Waals surface area contributed by atoms with E-state index in [4.69, 9.17) is 0 Å². The summed E-state index contributed by atoms with van der Waals surface area (Å²) in [7, 11) is 2.09. The zero-order valence-corrected chi connectivity index (χ0v) is 16.8. The topological polar surface area (TPSA) is 31.7 Å². The second-order valence-electron chi connectivity index (χ2n) is 6.48. The highest BCUT2D eigenvalue weighted by Gasteiger charge is 2.22. The first-order valence-corrected chi connectivity index (χ1v) is 8.56.